The summed E-state index contributed by atoms with van der Waals surface area (Å²) in [6, 6.07) is 0.417. The molecule has 3 atom stereocenters. The summed E-state index contributed by atoms with van der Waals surface area (Å²) in [4.78, 5) is 7.73. The van der Waals surface area contributed by atoms with Crippen LogP contribution in [0.1, 0.15) is 36.6 Å². The third-order valence-corrected chi connectivity index (χ3v) is 5.19. The highest BCUT2D eigenvalue weighted by molar-refractivity contribution is 5.58. The van der Waals surface area contributed by atoms with E-state index in [1.807, 2.05) is 11.6 Å². The van der Waals surface area contributed by atoms with Crippen LogP contribution in [0.3, 0.4) is 0 Å². The van der Waals surface area contributed by atoms with E-state index in [0.29, 0.717) is 11.7 Å². The molecule has 2 heterocycles. The molecule has 2 N–H and O–H groups in total. The third kappa shape index (κ3) is 2.91. The van der Waals surface area contributed by atoms with Gasteiger partial charge in [-0.3, -0.25) is 4.68 Å². The van der Waals surface area contributed by atoms with Gasteiger partial charge < -0.3 is 10.6 Å². The van der Waals surface area contributed by atoms with Crippen molar-refractivity contribution in [2.45, 2.75) is 38.4 Å². The maximum atomic E-state index is 12.9. The third-order valence-electron chi connectivity index (χ3n) is 5.19. The number of hydrogen-bond donors (Lipinski definition) is 2. The lowest BCUT2D eigenvalue weighted by Crippen LogP contribution is -2.13. The van der Waals surface area contributed by atoms with Gasteiger partial charge in [0.25, 0.3) is 0 Å². The Morgan fingerprint density at radius 1 is 1.16 bits per heavy atom. The topological polar surface area (TPSA) is 67.7 Å². The lowest BCUT2D eigenvalue weighted by Gasteiger charge is -2.15. The van der Waals surface area contributed by atoms with Gasteiger partial charge in [-0.1, -0.05) is 0 Å². The fourth-order valence-electron chi connectivity index (χ4n) is 3.76. The molecule has 134 valence electrons. The van der Waals surface area contributed by atoms with E-state index >= 15 is 0 Å². The second-order valence-corrected chi connectivity index (χ2v) is 6.80. The fourth-order valence-corrected chi connectivity index (χ4v) is 3.76. The average molecular weight is 352 g/mol. The minimum atomic E-state index is -4.50. The van der Waals surface area contributed by atoms with E-state index in [9.17, 15) is 13.2 Å². The molecule has 0 saturated heterocycles. The van der Waals surface area contributed by atoms with E-state index in [1.54, 1.807) is 6.20 Å². The van der Waals surface area contributed by atoms with Gasteiger partial charge in [0.1, 0.15) is 11.4 Å². The van der Waals surface area contributed by atoms with Gasteiger partial charge in [0.15, 0.2) is 0 Å². The minimum absolute atomic E-state index is 0.106. The van der Waals surface area contributed by atoms with Crippen LogP contribution in [-0.4, -0.2) is 26.8 Å². The molecule has 4 rings (SSSR count). The predicted molar refractivity (Wildman–Crippen MR) is 86.7 cm³/mol. The van der Waals surface area contributed by atoms with Gasteiger partial charge in [0, 0.05) is 13.2 Å². The van der Waals surface area contributed by atoms with Crippen molar-refractivity contribution in [3.05, 3.63) is 23.7 Å². The van der Waals surface area contributed by atoms with Crippen LogP contribution in [0.25, 0.3) is 0 Å². The molecule has 0 spiro atoms. The van der Waals surface area contributed by atoms with Crippen LogP contribution in [0.5, 0.6) is 0 Å². The lowest BCUT2D eigenvalue weighted by molar-refractivity contribution is -0.137. The quantitative estimate of drug-likeness (QED) is 0.877. The van der Waals surface area contributed by atoms with Crippen molar-refractivity contribution in [2.75, 3.05) is 17.7 Å². The summed E-state index contributed by atoms with van der Waals surface area (Å²) in [6.07, 6.45) is 1.63. The molecule has 0 aliphatic heterocycles. The van der Waals surface area contributed by atoms with Crippen LogP contribution in [0, 0.1) is 18.8 Å². The van der Waals surface area contributed by atoms with E-state index in [2.05, 4.69) is 25.7 Å². The first-order valence-corrected chi connectivity index (χ1v) is 8.30. The Kier molecular flexibility index (Phi) is 3.62. The Labute approximate surface area is 142 Å². The minimum Gasteiger partial charge on any atom is -0.372 e. The number of anilines is 3. The molecule has 2 aliphatic carbocycles. The number of rotatable bonds is 4. The SMILES string of the molecule is CNc1nc(Nc2cnn([C@@H]3C[C@H]4C[C@H]4C3)c2C)ncc1C(F)(F)F. The van der Waals surface area contributed by atoms with Gasteiger partial charge in [-0.15, -0.1) is 0 Å². The van der Waals surface area contributed by atoms with Gasteiger partial charge in [-0.25, -0.2) is 4.98 Å². The van der Waals surface area contributed by atoms with Gasteiger partial charge >= 0.3 is 6.18 Å². The molecule has 0 bridgehead atoms. The Hall–Kier alpha value is -2.32. The Bertz CT molecular complexity index is 790. The van der Waals surface area contributed by atoms with Crippen molar-refractivity contribution in [3.63, 3.8) is 0 Å². The molecule has 9 heteroatoms. The fraction of sp³-hybridized carbons (Fsp3) is 0.562. The highest BCUT2D eigenvalue weighted by Crippen LogP contribution is 2.56. The summed E-state index contributed by atoms with van der Waals surface area (Å²) in [5, 5.41) is 9.90. The molecule has 2 aliphatic rings. The monoisotopic (exact) mass is 352 g/mol. The molecule has 25 heavy (non-hydrogen) atoms. The van der Waals surface area contributed by atoms with Crippen LogP contribution < -0.4 is 10.6 Å². The Morgan fingerprint density at radius 3 is 2.52 bits per heavy atom. The number of hydrogen-bond acceptors (Lipinski definition) is 5. The molecule has 0 amide bonds. The number of nitrogens with zero attached hydrogens (tertiary/aromatic N) is 4. The van der Waals surface area contributed by atoms with Crippen LogP contribution in [0.4, 0.5) is 30.6 Å². The summed E-state index contributed by atoms with van der Waals surface area (Å²) in [6.45, 7) is 1.95. The first kappa shape index (κ1) is 16.2. The first-order valence-electron chi connectivity index (χ1n) is 8.30. The summed E-state index contributed by atoms with van der Waals surface area (Å²) >= 11 is 0. The number of alkyl halides is 3. The molecule has 2 fully saturated rings. The molecule has 0 aromatic carbocycles. The van der Waals surface area contributed by atoms with Crippen molar-refractivity contribution in [3.8, 4) is 0 Å². The average Bonchev–Trinajstić information content (AvgIpc) is 3.00. The van der Waals surface area contributed by atoms with Crippen molar-refractivity contribution < 1.29 is 13.2 Å². The van der Waals surface area contributed by atoms with E-state index in [1.165, 1.54) is 13.5 Å². The van der Waals surface area contributed by atoms with Crippen LogP contribution in [-0.2, 0) is 6.18 Å². The van der Waals surface area contributed by atoms with E-state index in [4.69, 9.17) is 0 Å². The molecule has 2 aromatic rings. The summed E-state index contributed by atoms with van der Waals surface area (Å²) in [7, 11) is 1.40. The normalized spacial score (nSPS) is 24.9. The number of aromatic nitrogens is 4. The standard InChI is InChI=1S/C16H19F3N6/c1-8-13(7-22-25(8)11-4-9-3-10(9)5-11)23-15-21-6-12(16(17,18)19)14(20-2)24-15/h6-7,9-11H,3-5H2,1-2H3,(H2,20,21,23,24)/t9-,10+,11-. The van der Waals surface area contributed by atoms with E-state index in [-0.39, 0.29) is 11.8 Å². The Balaban J connectivity index is 1.55. The number of nitrogens with one attached hydrogen (secondary N) is 2. The van der Waals surface area contributed by atoms with Crippen LogP contribution in [0.15, 0.2) is 12.4 Å². The van der Waals surface area contributed by atoms with Crippen molar-refractivity contribution >= 4 is 17.5 Å². The number of halogens is 3. The maximum Gasteiger partial charge on any atom is 0.421 e. The maximum absolute atomic E-state index is 12.9. The summed E-state index contributed by atoms with van der Waals surface area (Å²) < 4.78 is 40.8. The van der Waals surface area contributed by atoms with Crippen molar-refractivity contribution in [1.82, 2.24) is 19.7 Å². The first-order chi connectivity index (χ1) is 11.9. The second-order valence-electron chi connectivity index (χ2n) is 6.80. The van der Waals surface area contributed by atoms with E-state index < -0.39 is 11.7 Å². The number of fused-ring (bicyclic) bond motifs is 1. The smallest absolute Gasteiger partial charge is 0.372 e. The summed E-state index contributed by atoms with van der Waals surface area (Å²) in [5.74, 6) is 1.54. The van der Waals surface area contributed by atoms with Crippen LogP contribution in [0.2, 0.25) is 0 Å². The van der Waals surface area contributed by atoms with Gasteiger partial charge in [0.2, 0.25) is 5.95 Å². The van der Waals surface area contributed by atoms with Crippen molar-refractivity contribution in [2.24, 2.45) is 11.8 Å². The zero-order chi connectivity index (χ0) is 17.8. The van der Waals surface area contributed by atoms with Gasteiger partial charge in [0.05, 0.1) is 23.6 Å². The molecular weight excluding hydrogens is 333 g/mol. The van der Waals surface area contributed by atoms with Gasteiger partial charge in [-0.05, 0) is 38.0 Å². The summed E-state index contributed by atoms with van der Waals surface area (Å²) in [5.41, 5.74) is 0.765. The predicted octanol–water partition coefficient (Wildman–Crippen LogP) is 3.76. The van der Waals surface area contributed by atoms with Crippen molar-refractivity contribution in [1.29, 1.82) is 0 Å². The molecule has 2 aromatic heterocycles. The van der Waals surface area contributed by atoms with Gasteiger partial charge in [-0.2, -0.15) is 23.3 Å². The van der Waals surface area contributed by atoms with Crippen LogP contribution >= 0.6 is 0 Å². The largest absolute Gasteiger partial charge is 0.421 e. The highest BCUT2D eigenvalue weighted by Gasteiger charge is 2.47. The lowest BCUT2D eigenvalue weighted by atomic mass is 10.1. The molecule has 6 nitrogen and oxygen atoms in total. The second kappa shape index (κ2) is 5.60. The molecule has 0 radical (unpaired) electrons. The zero-order valence-corrected chi connectivity index (χ0v) is 13.9. The highest BCUT2D eigenvalue weighted by atomic mass is 19.4. The molecule has 2 saturated carbocycles. The molecular formula is C16H19F3N6. The molecule has 0 unspecified atom stereocenters. The Morgan fingerprint density at radius 2 is 1.88 bits per heavy atom. The van der Waals surface area contributed by atoms with E-state index in [0.717, 1.165) is 36.6 Å². The zero-order valence-electron chi connectivity index (χ0n) is 13.9.